The van der Waals surface area contributed by atoms with E-state index < -0.39 is 0 Å². The number of para-hydroxylation sites is 2. The van der Waals surface area contributed by atoms with Crippen LogP contribution in [0.4, 0.5) is 16.3 Å². The summed E-state index contributed by atoms with van der Waals surface area (Å²) in [6.45, 7) is 6.94. The van der Waals surface area contributed by atoms with Gasteiger partial charge in [-0.2, -0.15) is 0 Å². The van der Waals surface area contributed by atoms with Crippen LogP contribution in [0, 0.1) is 13.8 Å². The molecule has 6 heteroatoms. The summed E-state index contributed by atoms with van der Waals surface area (Å²) >= 11 is 0. The zero-order chi connectivity index (χ0) is 20.7. The van der Waals surface area contributed by atoms with Gasteiger partial charge in [-0.1, -0.05) is 24.3 Å². The molecule has 3 heterocycles. The van der Waals surface area contributed by atoms with Gasteiger partial charge in [-0.3, -0.25) is 0 Å². The lowest BCUT2D eigenvalue weighted by Gasteiger charge is -2.35. The van der Waals surface area contributed by atoms with Gasteiger partial charge in [-0.25, -0.2) is 9.78 Å². The van der Waals surface area contributed by atoms with Crippen molar-refractivity contribution in [1.82, 2.24) is 14.3 Å². The largest absolute Gasteiger partial charge is 0.351 e. The molecule has 152 valence electrons. The fraction of sp³-hybridized carbons (Fsp3) is 0.250. The van der Waals surface area contributed by atoms with Gasteiger partial charge in [-0.05, 0) is 55.3 Å². The number of carbonyl (C=O) groups is 1. The number of anilines is 2. The number of nitrogens with zero attached hydrogens (tertiary/aromatic N) is 4. The molecular weight excluding hydrogens is 374 g/mol. The average molecular weight is 399 g/mol. The Morgan fingerprint density at radius 1 is 0.900 bits per heavy atom. The summed E-state index contributed by atoms with van der Waals surface area (Å²) in [5.74, 6) is 0.980. The number of aromatic nitrogens is 2. The highest BCUT2D eigenvalue weighted by Gasteiger charge is 2.24. The summed E-state index contributed by atoms with van der Waals surface area (Å²) in [6.07, 6.45) is 2.08. The number of piperazine rings is 1. The smallest absolute Gasteiger partial charge is 0.321 e. The van der Waals surface area contributed by atoms with Crippen LogP contribution in [0.15, 0.2) is 60.8 Å². The molecule has 1 saturated heterocycles. The highest BCUT2D eigenvalue weighted by molar-refractivity contribution is 5.91. The topological polar surface area (TPSA) is 52.9 Å². The summed E-state index contributed by atoms with van der Waals surface area (Å²) in [5.41, 5.74) is 6.35. The maximum Gasteiger partial charge on any atom is 0.321 e. The highest BCUT2D eigenvalue weighted by atomic mass is 16.2. The molecule has 1 N–H and O–H groups in total. The van der Waals surface area contributed by atoms with Crippen molar-refractivity contribution in [2.24, 2.45) is 0 Å². The first-order valence-electron chi connectivity index (χ1n) is 10.3. The standard InChI is InChI=1S/C24H25N5O/c1-17-7-5-9-19(18(17)2)26-24(30)28-15-13-27(14-16-28)23-22-11-6-12-29(22)21-10-4-3-8-20(21)25-23/h3-12H,13-16H2,1-2H3,(H,26,30). The van der Waals surface area contributed by atoms with Crippen molar-refractivity contribution in [2.45, 2.75) is 13.8 Å². The predicted molar refractivity (Wildman–Crippen MR) is 121 cm³/mol. The van der Waals surface area contributed by atoms with E-state index in [0.717, 1.165) is 46.7 Å². The lowest BCUT2D eigenvalue weighted by molar-refractivity contribution is 0.208. The van der Waals surface area contributed by atoms with E-state index in [4.69, 9.17) is 4.98 Å². The zero-order valence-corrected chi connectivity index (χ0v) is 17.3. The van der Waals surface area contributed by atoms with Gasteiger partial charge in [0.2, 0.25) is 0 Å². The van der Waals surface area contributed by atoms with Crippen LogP contribution >= 0.6 is 0 Å². The van der Waals surface area contributed by atoms with Crippen LogP contribution < -0.4 is 10.2 Å². The van der Waals surface area contributed by atoms with E-state index in [9.17, 15) is 4.79 Å². The molecule has 0 atom stereocenters. The van der Waals surface area contributed by atoms with Crippen molar-refractivity contribution in [1.29, 1.82) is 0 Å². The molecule has 6 nitrogen and oxygen atoms in total. The highest BCUT2D eigenvalue weighted by Crippen LogP contribution is 2.26. The second-order valence-electron chi connectivity index (χ2n) is 7.84. The van der Waals surface area contributed by atoms with Crippen molar-refractivity contribution in [3.8, 4) is 0 Å². The number of benzene rings is 2. The molecule has 2 aromatic heterocycles. The van der Waals surface area contributed by atoms with E-state index in [0.29, 0.717) is 13.1 Å². The molecule has 30 heavy (non-hydrogen) atoms. The average Bonchev–Trinajstić information content (AvgIpc) is 3.27. The summed E-state index contributed by atoms with van der Waals surface area (Å²) in [6, 6.07) is 18.3. The monoisotopic (exact) mass is 399 g/mol. The van der Waals surface area contributed by atoms with Crippen LogP contribution in [0.2, 0.25) is 0 Å². The Morgan fingerprint density at radius 2 is 1.67 bits per heavy atom. The molecule has 2 aromatic carbocycles. The second-order valence-corrected chi connectivity index (χ2v) is 7.84. The number of nitrogens with one attached hydrogen (secondary N) is 1. The summed E-state index contributed by atoms with van der Waals surface area (Å²) in [4.78, 5) is 21.9. The van der Waals surface area contributed by atoms with Crippen LogP contribution in [0.5, 0.6) is 0 Å². The number of rotatable bonds is 2. The van der Waals surface area contributed by atoms with Gasteiger partial charge in [0, 0.05) is 38.1 Å². The third-order valence-electron chi connectivity index (χ3n) is 6.06. The van der Waals surface area contributed by atoms with Crippen molar-refractivity contribution in [3.05, 3.63) is 71.9 Å². The first-order valence-corrected chi connectivity index (χ1v) is 10.3. The number of hydrogen-bond donors (Lipinski definition) is 1. The minimum Gasteiger partial charge on any atom is -0.351 e. The van der Waals surface area contributed by atoms with E-state index in [1.807, 2.05) is 42.2 Å². The number of hydrogen-bond acceptors (Lipinski definition) is 3. The minimum atomic E-state index is -0.0392. The lowest BCUT2D eigenvalue weighted by Crippen LogP contribution is -2.50. The van der Waals surface area contributed by atoms with Gasteiger partial charge in [0.05, 0.1) is 16.6 Å². The quantitative estimate of drug-likeness (QED) is 0.542. The first-order chi connectivity index (χ1) is 14.6. The fourth-order valence-corrected chi connectivity index (χ4v) is 4.14. The molecule has 0 radical (unpaired) electrons. The van der Waals surface area contributed by atoms with Crippen LogP contribution in [-0.2, 0) is 0 Å². The Balaban J connectivity index is 1.34. The molecule has 0 saturated carbocycles. The van der Waals surface area contributed by atoms with Gasteiger partial charge in [0.15, 0.2) is 5.82 Å². The van der Waals surface area contributed by atoms with Crippen molar-refractivity contribution < 1.29 is 4.79 Å². The third kappa shape index (κ3) is 3.14. The number of aryl methyl sites for hydroxylation is 1. The van der Waals surface area contributed by atoms with Crippen LogP contribution in [0.3, 0.4) is 0 Å². The maximum atomic E-state index is 12.8. The molecule has 0 aliphatic carbocycles. The second kappa shape index (κ2) is 7.37. The lowest BCUT2D eigenvalue weighted by atomic mass is 10.1. The molecule has 0 unspecified atom stereocenters. The molecule has 0 bridgehead atoms. The molecule has 1 fully saturated rings. The van der Waals surface area contributed by atoms with Crippen molar-refractivity contribution in [3.63, 3.8) is 0 Å². The zero-order valence-electron chi connectivity index (χ0n) is 17.3. The normalized spacial score (nSPS) is 14.5. The van der Waals surface area contributed by atoms with E-state index in [-0.39, 0.29) is 6.03 Å². The fourth-order valence-electron chi connectivity index (χ4n) is 4.14. The molecule has 5 rings (SSSR count). The number of amides is 2. The Hall–Kier alpha value is -3.54. The minimum absolute atomic E-state index is 0.0392. The molecule has 2 amide bonds. The van der Waals surface area contributed by atoms with Gasteiger partial charge in [0.25, 0.3) is 0 Å². The van der Waals surface area contributed by atoms with Crippen LogP contribution in [0.1, 0.15) is 11.1 Å². The number of fused-ring (bicyclic) bond motifs is 3. The first kappa shape index (κ1) is 18.5. The number of carbonyl (C=O) groups excluding carboxylic acids is 1. The summed E-state index contributed by atoms with van der Waals surface area (Å²) in [5, 5.41) is 3.07. The van der Waals surface area contributed by atoms with E-state index >= 15 is 0 Å². The SMILES string of the molecule is Cc1cccc(NC(=O)N2CCN(c3nc4ccccc4n4cccc34)CC2)c1C. The Morgan fingerprint density at radius 3 is 2.50 bits per heavy atom. The van der Waals surface area contributed by atoms with Crippen molar-refractivity contribution in [2.75, 3.05) is 36.4 Å². The Kier molecular flexibility index (Phi) is 4.54. The molecule has 4 aromatic rings. The number of urea groups is 1. The van der Waals surface area contributed by atoms with Gasteiger partial charge in [-0.15, -0.1) is 0 Å². The Labute approximate surface area is 175 Å². The molecule has 0 spiro atoms. The van der Waals surface area contributed by atoms with Crippen molar-refractivity contribution >= 4 is 34.1 Å². The third-order valence-corrected chi connectivity index (χ3v) is 6.06. The van der Waals surface area contributed by atoms with E-state index in [1.165, 1.54) is 5.56 Å². The summed E-state index contributed by atoms with van der Waals surface area (Å²) in [7, 11) is 0. The van der Waals surface area contributed by atoms with Gasteiger partial charge < -0.3 is 19.5 Å². The van der Waals surface area contributed by atoms with Crippen LogP contribution in [0.25, 0.3) is 16.6 Å². The van der Waals surface area contributed by atoms with Crippen LogP contribution in [-0.4, -0.2) is 46.5 Å². The molecule has 1 aliphatic heterocycles. The van der Waals surface area contributed by atoms with E-state index in [2.05, 4.69) is 52.0 Å². The summed E-state index contributed by atoms with van der Waals surface area (Å²) < 4.78 is 2.19. The van der Waals surface area contributed by atoms with Gasteiger partial charge >= 0.3 is 6.03 Å². The maximum absolute atomic E-state index is 12.8. The molecular formula is C24H25N5O. The predicted octanol–water partition coefficient (Wildman–Crippen LogP) is 4.46. The van der Waals surface area contributed by atoms with E-state index in [1.54, 1.807) is 0 Å². The molecule has 1 aliphatic rings. The Bertz CT molecular complexity index is 1240. The van der Waals surface area contributed by atoms with Gasteiger partial charge in [0.1, 0.15) is 0 Å².